The Bertz CT molecular complexity index is 278. The lowest BCUT2D eigenvalue weighted by molar-refractivity contribution is 0.0706. The topological polar surface area (TPSA) is 65.1 Å². The second-order valence-electron chi connectivity index (χ2n) is 2.43. The van der Waals surface area contributed by atoms with Crippen molar-refractivity contribution in [2.24, 2.45) is 0 Å². The molecule has 1 heterocycles. The van der Waals surface area contributed by atoms with E-state index >= 15 is 0 Å². The van der Waals surface area contributed by atoms with E-state index in [-0.39, 0.29) is 0 Å². The summed E-state index contributed by atoms with van der Waals surface area (Å²) in [4.78, 5) is 13.8. The van der Waals surface area contributed by atoms with Crippen LogP contribution in [-0.2, 0) is 0 Å². The number of nitrogens with one attached hydrogen (secondary N) is 2. The molecule has 4 nitrogen and oxygen atoms in total. The summed E-state index contributed by atoms with van der Waals surface area (Å²) in [5.74, 6) is -0.480. The third-order valence-corrected chi connectivity index (χ3v) is 1.50. The van der Waals surface area contributed by atoms with E-state index in [1.54, 1.807) is 18.5 Å². The maximum atomic E-state index is 10.9. The zero-order valence-electron chi connectivity index (χ0n) is 6.43. The van der Waals surface area contributed by atoms with E-state index in [0.717, 1.165) is 11.4 Å². The van der Waals surface area contributed by atoms with Gasteiger partial charge in [0.05, 0.1) is 5.56 Å². The minimum absolute atomic E-state index is 0.477. The Morgan fingerprint density at radius 1 is 1.64 bits per heavy atom. The molecule has 0 bridgehead atoms. The molecule has 0 saturated heterocycles. The zero-order chi connectivity index (χ0) is 8.43. The molecule has 0 aromatic carbocycles. The van der Waals surface area contributed by atoms with E-state index < -0.39 is 5.91 Å². The van der Waals surface area contributed by atoms with Crippen molar-refractivity contribution >= 4 is 5.91 Å². The SMILES string of the molecule is Cc1cc(C(=O)NO)c(C)[nH]1. The van der Waals surface area contributed by atoms with E-state index in [1.165, 1.54) is 0 Å². The molecule has 0 atom stereocenters. The van der Waals surface area contributed by atoms with Gasteiger partial charge in [0, 0.05) is 11.4 Å². The number of aromatic amines is 1. The Labute approximate surface area is 64.2 Å². The number of amides is 1. The second kappa shape index (κ2) is 2.75. The normalized spacial score (nSPS) is 9.73. The van der Waals surface area contributed by atoms with Gasteiger partial charge in [0.25, 0.3) is 5.91 Å². The molecule has 0 saturated carbocycles. The highest BCUT2D eigenvalue weighted by Crippen LogP contribution is 2.07. The van der Waals surface area contributed by atoms with Crippen molar-refractivity contribution < 1.29 is 10.0 Å². The molecule has 4 heteroatoms. The minimum atomic E-state index is -0.480. The smallest absolute Gasteiger partial charge is 0.276 e. The van der Waals surface area contributed by atoms with Gasteiger partial charge in [-0.25, -0.2) is 5.48 Å². The molecule has 0 fully saturated rings. The van der Waals surface area contributed by atoms with Gasteiger partial charge >= 0.3 is 0 Å². The highest BCUT2D eigenvalue weighted by Gasteiger charge is 2.09. The minimum Gasteiger partial charge on any atom is -0.362 e. The standard InChI is InChI=1S/C7H10N2O2/c1-4-3-6(5(2)8-4)7(10)9-11/h3,8,11H,1-2H3,(H,9,10). The Morgan fingerprint density at radius 2 is 2.27 bits per heavy atom. The Morgan fingerprint density at radius 3 is 2.64 bits per heavy atom. The summed E-state index contributed by atoms with van der Waals surface area (Å²) in [6.45, 7) is 3.62. The molecule has 0 aliphatic carbocycles. The summed E-state index contributed by atoms with van der Waals surface area (Å²) in [7, 11) is 0. The van der Waals surface area contributed by atoms with Crippen LogP contribution in [-0.4, -0.2) is 16.1 Å². The number of aryl methyl sites for hydroxylation is 2. The van der Waals surface area contributed by atoms with Crippen LogP contribution >= 0.6 is 0 Å². The quantitative estimate of drug-likeness (QED) is 0.413. The van der Waals surface area contributed by atoms with Gasteiger partial charge in [-0.15, -0.1) is 0 Å². The molecule has 11 heavy (non-hydrogen) atoms. The Hall–Kier alpha value is -1.29. The molecule has 1 rings (SSSR count). The molecule has 0 radical (unpaired) electrons. The molecule has 1 amide bonds. The van der Waals surface area contributed by atoms with Crippen LogP contribution in [0.25, 0.3) is 0 Å². The fraction of sp³-hybridized carbons (Fsp3) is 0.286. The van der Waals surface area contributed by atoms with Crippen molar-refractivity contribution in [3.05, 3.63) is 23.0 Å². The van der Waals surface area contributed by atoms with E-state index in [0.29, 0.717) is 5.56 Å². The summed E-state index contributed by atoms with van der Waals surface area (Å²) in [6.07, 6.45) is 0. The summed E-state index contributed by atoms with van der Waals surface area (Å²) >= 11 is 0. The van der Waals surface area contributed by atoms with E-state index in [9.17, 15) is 4.79 Å². The number of carbonyl (C=O) groups is 1. The maximum Gasteiger partial charge on any atom is 0.276 e. The fourth-order valence-corrected chi connectivity index (χ4v) is 1.02. The number of hydroxylamine groups is 1. The van der Waals surface area contributed by atoms with Crippen LogP contribution < -0.4 is 5.48 Å². The van der Waals surface area contributed by atoms with Crippen LogP contribution in [0.4, 0.5) is 0 Å². The largest absolute Gasteiger partial charge is 0.362 e. The summed E-state index contributed by atoms with van der Waals surface area (Å²) in [5, 5.41) is 8.31. The highest BCUT2D eigenvalue weighted by molar-refractivity contribution is 5.94. The van der Waals surface area contributed by atoms with Gasteiger partial charge in [0.2, 0.25) is 0 Å². The van der Waals surface area contributed by atoms with Gasteiger partial charge in [-0.1, -0.05) is 0 Å². The average Bonchev–Trinajstić information content (AvgIpc) is 2.28. The van der Waals surface area contributed by atoms with E-state index in [2.05, 4.69) is 4.98 Å². The highest BCUT2D eigenvalue weighted by atomic mass is 16.5. The summed E-state index contributed by atoms with van der Waals surface area (Å²) in [5.41, 5.74) is 3.72. The zero-order valence-corrected chi connectivity index (χ0v) is 6.43. The van der Waals surface area contributed by atoms with Gasteiger partial charge in [0.1, 0.15) is 0 Å². The van der Waals surface area contributed by atoms with Crippen molar-refractivity contribution in [2.75, 3.05) is 0 Å². The van der Waals surface area contributed by atoms with E-state index in [4.69, 9.17) is 5.21 Å². The van der Waals surface area contributed by atoms with Crippen molar-refractivity contribution in [1.29, 1.82) is 0 Å². The lowest BCUT2D eigenvalue weighted by atomic mass is 10.2. The Kier molecular flexibility index (Phi) is 1.96. The second-order valence-corrected chi connectivity index (χ2v) is 2.43. The fourth-order valence-electron chi connectivity index (χ4n) is 1.02. The molecule has 3 N–H and O–H groups in total. The molecule has 60 valence electrons. The van der Waals surface area contributed by atoms with Crippen LogP contribution in [0.5, 0.6) is 0 Å². The van der Waals surface area contributed by atoms with Crippen LogP contribution in [0.15, 0.2) is 6.07 Å². The van der Waals surface area contributed by atoms with Crippen molar-refractivity contribution in [3.63, 3.8) is 0 Å². The van der Waals surface area contributed by atoms with E-state index in [1.807, 2.05) is 6.92 Å². The van der Waals surface area contributed by atoms with Crippen LogP contribution in [0.2, 0.25) is 0 Å². The first-order valence-electron chi connectivity index (χ1n) is 3.26. The molecular weight excluding hydrogens is 144 g/mol. The van der Waals surface area contributed by atoms with Crippen molar-refractivity contribution in [2.45, 2.75) is 13.8 Å². The van der Waals surface area contributed by atoms with Crippen molar-refractivity contribution in [1.82, 2.24) is 10.5 Å². The molecular formula is C7H10N2O2. The summed E-state index contributed by atoms with van der Waals surface area (Å²) < 4.78 is 0. The van der Waals surface area contributed by atoms with Gasteiger partial charge in [-0.2, -0.15) is 0 Å². The molecule has 0 spiro atoms. The van der Waals surface area contributed by atoms with Crippen LogP contribution in [0, 0.1) is 13.8 Å². The lowest BCUT2D eigenvalue weighted by Gasteiger charge is -1.94. The van der Waals surface area contributed by atoms with Crippen LogP contribution in [0.1, 0.15) is 21.7 Å². The third kappa shape index (κ3) is 1.40. The first-order chi connectivity index (χ1) is 5.15. The van der Waals surface area contributed by atoms with Crippen molar-refractivity contribution in [3.8, 4) is 0 Å². The number of hydrogen-bond acceptors (Lipinski definition) is 2. The number of rotatable bonds is 1. The van der Waals surface area contributed by atoms with Gasteiger partial charge in [-0.3, -0.25) is 10.0 Å². The molecule has 1 aromatic rings. The Balaban J connectivity index is 3.03. The predicted octanol–water partition coefficient (Wildman–Crippen LogP) is 0.751. The number of carbonyl (C=O) groups excluding carboxylic acids is 1. The first-order valence-corrected chi connectivity index (χ1v) is 3.26. The number of H-pyrrole nitrogens is 1. The van der Waals surface area contributed by atoms with Gasteiger partial charge < -0.3 is 4.98 Å². The first kappa shape index (κ1) is 7.81. The van der Waals surface area contributed by atoms with Crippen LogP contribution in [0.3, 0.4) is 0 Å². The molecule has 0 aliphatic rings. The monoisotopic (exact) mass is 154 g/mol. The predicted molar refractivity (Wildman–Crippen MR) is 39.5 cm³/mol. The molecule has 1 aromatic heterocycles. The average molecular weight is 154 g/mol. The third-order valence-electron chi connectivity index (χ3n) is 1.50. The maximum absolute atomic E-state index is 10.9. The number of hydrogen-bond donors (Lipinski definition) is 3. The summed E-state index contributed by atoms with van der Waals surface area (Å²) in [6, 6.07) is 1.68. The number of aromatic nitrogens is 1. The van der Waals surface area contributed by atoms with Gasteiger partial charge in [-0.05, 0) is 19.9 Å². The molecule has 0 unspecified atom stereocenters. The molecule has 0 aliphatic heterocycles. The lowest BCUT2D eigenvalue weighted by Crippen LogP contribution is -2.18. The van der Waals surface area contributed by atoms with Gasteiger partial charge in [0.15, 0.2) is 0 Å².